The topological polar surface area (TPSA) is 25.0 Å². The number of benzene rings is 2. The number of ether oxygens (including phenoxy) is 1. The van der Waals surface area contributed by atoms with Crippen molar-refractivity contribution in [3.8, 4) is 5.75 Å². The maximum Gasteiger partial charge on any atom is 0.128 e. The van der Waals surface area contributed by atoms with Crippen LogP contribution in [0.2, 0.25) is 0 Å². The molecule has 2 heteroatoms. The third-order valence-corrected chi connectivity index (χ3v) is 3.14. The zero-order valence-electron chi connectivity index (χ0n) is 10.3. The minimum atomic E-state index is 0.915. The van der Waals surface area contributed by atoms with Crippen molar-refractivity contribution in [1.82, 2.24) is 4.98 Å². The quantitative estimate of drug-likeness (QED) is 0.737. The van der Waals surface area contributed by atoms with E-state index in [2.05, 4.69) is 41.4 Å². The Bertz CT molecular complexity index is 655. The van der Waals surface area contributed by atoms with Gasteiger partial charge in [0.1, 0.15) is 5.75 Å². The van der Waals surface area contributed by atoms with Gasteiger partial charge in [-0.25, -0.2) is 0 Å². The molecule has 0 saturated carbocycles. The van der Waals surface area contributed by atoms with Gasteiger partial charge in [-0.15, -0.1) is 0 Å². The normalized spacial score (nSPS) is 10.7. The van der Waals surface area contributed by atoms with Gasteiger partial charge in [0.05, 0.1) is 7.11 Å². The number of rotatable bonds is 3. The summed E-state index contributed by atoms with van der Waals surface area (Å²) in [5.41, 5.74) is 3.64. The van der Waals surface area contributed by atoms with E-state index in [9.17, 15) is 0 Å². The highest BCUT2D eigenvalue weighted by Crippen LogP contribution is 2.26. The smallest absolute Gasteiger partial charge is 0.128 e. The largest absolute Gasteiger partial charge is 0.496 e. The summed E-state index contributed by atoms with van der Waals surface area (Å²) in [6.45, 7) is 0. The number of hydrogen-bond acceptors (Lipinski definition) is 1. The Balaban J connectivity index is 1.99. The van der Waals surface area contributed by atoms with E-state index in [1.54, 1.807) is 7.11 Å². The van der Waals surface area contributed by atoms with E-state index in [1.807, 2.05) is 18.2 Å². The van der Waals surface area contributed by atoms with Crippen LogP contribution in [-0.2, 0) is 6.42 Å². The molecule has 1 N–H and O–H groups in total. The fourth-order valence-electron chi connectivity index (χ4n) is 2.27. The minimum Gasteiger partial charge on any atom is -0.496 e. The van der Waals surface area contributed by atoms with Crippen molar-refractivity contribution in [1.29, 1.82) is 0 Å². The Morgan fingerprint density at radius 3 is 2.61 bits per heavy atom. The van der Waals surface area contributed by atoms with Gasteiger partial charge in [0.15, 0.2) is 0 Å². The standard InChI is InChI=1S/C16H15NO/c1-18-16-9-5-8-15-14(16)11-13(17-15)10-12-6-3-2-4-7-12/h2-9,11,17H,10H2,1H3. The molecule has 0 aliphatic rings. The molecule has 90 valence electrons. The number of hydrogen-bond donors (Lipinski definition) is 1. The minimum absolute atomic E-state index is 0.915. The van der Waals surface area contributed by atoms with Crippen LogP contribution in [0, 0.1) is 0 Å². The highest BCUT2D eigenvalue weighted by molar-refractivity contribution is 5.86. The number of aromatic amines is 1. The zero-order chi connectivity index (χ0) is 12.4. The van der Waals surface area contributed by atoms with Gasteiger partial charge in [-0.1, -0.05) is 36.4 Å². The summed E-state index contributed by atoms with van der Waals surface area (Å²) >= 11 is 0. The molecule has 2 nitrogen and oxygen atoms in total. The van der Waals surface area contributed by atoms with E-state index in [0.717, 1.165) is 23.1 Å². The molecule has 2 aromatic carbocycles. The van der Waals surface area contributed by atoms with Gasteiger partial charge in [0.2, 0.25) is 0 Å². The summed E-state index contributed by atoms with van der Waals surface area (Å²) < 4.78 is 5.37. The molecule has 3 rings (SSSR count). The monoisotopic (exact) mass is 237 g/mol. The van der Waals surface area contributed by atoms with E-state index in [-0.39, 0.29) is 0 Å². The number of H-pyrrole nitrogens is 1. The summed E-state index contributed by atoms with van der Waals surface area (Å²) in [6, 6.07) is 18.7. The first-order valence-corrected chi connectivity index (χ1v) is 6.05. The number of nitrogens with one attached hydrogen (secondary N) is 1. The van der Waals surface area contributed by atoms with Gasteiger partial charge in [0, 0.05) is 23.0 Å². The third-order valence-electron chi connectivity index (χ3n) is 3.14. The molecular weight excluding hydrogens is 222 g/mol. The van der Waals surface area contributed by atoms with Crippen molar-refractivity contribution in [3.63, 3.8) is 0 Å². The Hall–Kier alpha value is -2.22. The highest BCUT2D eigenvalue weighted by Gasteiger charge is 2.05. The Morgan fingerprint density at radius 2 is 1.83 bits per heavy atom. The van der Waals surface area contributed by atoms with Crippen LogP contribution < -0.4 is 4.74 Å². The SMILES string of the molecule is COc1cccc2[nH]c(Cc3ccccc3)cc12. The van der Waals surface area contributed by atoms with Gasteiger partial charge in [-0.3, -0.25) is 0 Å². The lowest BCUT2D eigenvalue weighted by Crippen LogP contribution is -1.86. The van der Waals surface area contributed by atoms with Crippen molar-refractivity contribution in [2.24, 2.45) is 0 Å². The Kier molecular flexibility index (Phi) is 2.77. The average molecular weight is 237 g/mol. The summed E-state index contributed by atoms with van der Waals surface area (Å²) in [5, 5.41) is 1.14. The molecule has 0 unspecified atom stereocenters. The van der Waals surface area contributed by atoms with Crippen molar-refractivity contribution in [2.75, 3.05) is 7.11 Å². The van der Waals surface area contributed by atoms with Crippen molar-refractivity contribution < 1.29 is 4.74 Å². The summed E-state index contributed by atoms with van der Waals surface area (Å²) in [6.07, 6.45) is 0.915. The molecule has 0 spiro atoms. The van der Waals surface area contributed by atoms with Crippen molar-refractivity contribution in [2.45, 2.75) is 6.42 Å². The van der Waals surface area contributed by atoms with Gasteiger partial charge >= 0.3 is 0 Å². The molecule has 0 amide bonds. The third kappa shape index (κ3) is 1.97. The molecule has 1 aromatic heterocycles. The van der Waals surface area contributed by atoms with Crippen LogP contribution in [0.1, 0.15) is 11.3 Å². The first-order chi connectivity index (χ1) is 8.86. The van der Waals surface area contributed by atoms with E-state index in [0.29, 0.717) is 0 Å². The highest BCUT2D eigenvalue weighted by atomic mass is 16.5. The molecule has 0 fully saturated rings. The first kappa shape index (κ1) is 10.9. The molecule has 18 heavy (non-hydrogen) atoms. The second kappa shape index (κ2) is 4.57. The lowest BCUT2D eigenvalue weighted by Gasteiger charge is -1.99. The molecule has 0 saturated heterocycles. The predicted molar refractivity (Wildman–Crippen MR) is 74.1 cm³/mol. The van der Waals surface area contributed by atoms with E-state index in [4.69, 9.17) is 4.74 Å². The van der Waals surface area contributed by atoms with Crippen LogP contribution in [-0.4, -0.2) is 12.1 Å². The van der Waals surface area contributed by atoms with Crippen LogP contribution in [0.25, 0.3) is 10.9 Å². The van der Waals surface area contributed by atoms with Gasteiger partial charge < -0.3 is 9.72 Å². The summed E-state index contributed by atoms with van der Waals surface area (Å²) in [4.78, 5) is 3.44. The fraction of sp³-hybridized carbons (Fsp3) is 0.125. The fourth-order valence-corrected chi connectivity index (χ4v) is 2.27. The number of methoxy groups -OCH3 is 1. The molecule has 3 aromatic rings. The molecule has 1 heterocycles. The van der Waals surface area contributed by atoms with Gasteiger partial charge in [-0.05, 0) is 23.8 Å². The van der Waals surface area contributed by atoms with Crippen molar-refractivity contribution in [3.05, 3.63) is 65.9 Å². The second-order valence-electron chi connectivity index (χ2n) is 4.38. The van der Waals surface area contributed by atoms with Crippen molar-refractivity contribution >= 4 is 10.9 Å². The van der Waals surface area contributed by atoms with E-state index >= 15 is 0 Å². The lowest BCUT2D eigenvalue weighted by atomic mass is 10.1. The van der Waals surface area contributed by atoms with Crippen LogP contribution >= 0.6 is 0 Å². The molecule has 0 bridgehead atoms. The molecular formula is C16H15NO. The zero-order valence-corrected chi connectivity index (χ0v) is 10.3. The van der Waals surface area contributed by atoms with Crippen LogP contribution in [0.4, 0.5) is 0 Å². The maximum absolute atomic E-state index is 5.37. The molecule has 0 atom stereocenters. The maximum atomic E-state index is 5.37. The summed E-state index contributed by atoms with van der Waals surface area (Å²) in [7, 11) is 1.71. The lowest BCUT2D eigenvalue weighted by molar-refractivity contribution is 0.420. The van der Waals surface area contributed by atoms with Crippen LogP contribution in [0.15, 0.2) is 54.6 Å². The number of aromatic nitrogens is 1. The molecule has 0 aliphatic carbocycles. The van der Waals surface area contributed by atoms with E-state index in [1.165, 1.54) is 11.3 Å². The predicted octanol–water partition coefficient (Wildman–Crippen LogP) is 3.77. The van der Waals surface area contributed by atoms with Gasteiger partial charge in [0.25, 0.3) is 0 Å². The average Bonchev–Trinajstić information content (AvgIpc) is 2.82. The molecule has 0 radical (unpaired) electrons. The first-order valence-electron chi connectivity index (χ1n) is 6.05. The Labute approximate surface area is 106 Å². The van der Waals surface area contributed by atoms with Crippen LogP contribution in [0.3, 0.4) is 0 Å². The molecule has 0 aliphatic heterocycles. The van der Waals surface area contributed by atoms with Crippen LogP contribution in [0.5, 0.6) is 5.75 Å². The van der Waals surface area contributed by atoms with E-state index < -0.39 is 0 Å². The Morgan fingerprint density at radius 1 is 1.00 bits per heavy atom. The van der Waals surface area contributed by atoms with Gasteiger partial charge in [-0.2, -0.15) is 0 Å². The summed E-state index contributed by atoms with van der Waals surface area (Å²) in [5.74, 6) is 0.920. The second-order valence-corrected chi connectivity index (χ2v) is 4.38. The number of fused-ring (bicyclic) bond motifs is 1.